The lowest BCUT2D eigenvalue weighted by molar-refractivity contribution is -0.249. The Morgan fingerprint density at radius 1 is 0.880 bits per heavy atom. The predicted molar refractivity (Wildman–Crippen MR) is 196 cm³/mol. The number of carbonyl (C=O) groups is 2. The second-order valence-electron chi connectivity index (χ2n) is 19.1. The van der Waals surface area contributed by atoms with Crippen LogP contribution < -0.4 is 0 Å². The highest BCUT2D eigenvalue weighted by molar-refractivity contribution is 5.86. The van der Waals surface area contributed by atoms with Crippen LogP contribution in [-0.4, -0.2) is 29.0 Å². The van der Waals surface area contributed by atoms with Crippen molar-refractivity contribution in [3.05, 3.63) is 42.2 Å². The molecule has 0 spiro atoms. The summed E-state index contributed by atoms with van der Waals surface area (Å²) in [5, 5.41) is 0. The Hall–Kier alpha value is -2.59. The van der Waals surface area contributed by atoms with E-state index in [0.717, 1.165) is 44.2 Å². The molecule has 1 aromatic rings. The first-order valence-corrected chi connectivity index (χ1v) is 19.7. The van der Waals surface area contributed by atoms with Crippen molar-refractivity contribution < 1.29 is 23.9 Å². The second-order valence-corrected chi connectivity index (χ2v) is 19.1. The van der Waals surface area contributed by atoms with E-state index in [9.17, 15) is 9.59 Å². The fraction of sp³-hybridized carbons (Fsp3) is 0.773. The number of fused-ring (bicyclic) bond motifs is 7. The molecule has 5 fully saturated rings. The Bertz CT molecular complexity index is 1460. The van der Waals surface area contributed by atoms with Crippen LogP contribution in [0.4, 0.5) is 0 Å². The van der Waals surface area contributed by atoms with Gasteiger partial charge in [-0.2, -0.15) is 9.59 Å². The van der Waals surface area contributed by atoms with E-state index in [1.165, 1.54) is 31.3 Å². The van der Waals surface area contributed by atoms with Gasteiger partial charge < -0.3 is 4.74 Å². The van der Waals surface area contributed by atoms with Gasteiger partial charge in [-0.25, -0.2) is 0 Å². The summed E-state index contributed by atoms with van der Waals surface area (Å²) in [6.07, 6.45) is 14.6. The van der Waals surface area contributed by atoms with E-state index >= 15 is 0 Å². The fourth-order valence-corrected chi connectivity index (χ4v) is 13.6. The number of allylic oxidation sites excluding steroid dienone is 1. The van der Waals surface area contributed by atoms with Crippen molar-refractivity contribution in [1.82, 2.24) is 4.98 Å². The molecule has 0 aliphatic heterocycles. The van der Waals surface area contributed by atoms with Crippen LogP contribution in [0.5, 0.6) is 0 Å². The lowest BCUT2D eigenvalue weighted by Gasteiger charge is -2.73. The van der Waals surface area contributed by atoms with Crippen molar-refractivity contribution in [1.29, 1.82) is 0 Å². The molecule has 0 N–H and O–H groups in total. The standard InChI is InChI=1S/C43H65NO3.CO2/c1-27(2)25-37(46)47-36-18-19-40(8)33(39(36,6)7)17-20-42(10)34(40)15-14-31-38-30(28(3)4)16-21-43(38,23-22-41(31,42)9)35(45)26-29(5)32-13-11-12-24-44-32;2-1-3/h11-13,24,27,29-31,33-34,36,38H,3,14-23,25-26H2,1-2,4-10H3;/t29-,30+,31?,33?,34?,36?,38?,40+,41-,42-,43-;/m1./s1. The summed E-state index contributed by atoms with van der Waals surface area (Å²) >= 11 is 0. The van der Waals surface area contributed by atoms with E-state index in [1.54, 1.807) is 0 Å². The number of hydrogen-bond acceptors (Lipinski definition) is 6. The molecular weight excluding hydrogens is 622 g/mol. The van der Waals surface area contributed by atoms with Gasteiger partial charge in [-0.3, -0.25) is 14.6 Å². The molecule has 5 unspecified atom stereocenters. The summed E-state index contributed by atoms with van der Waals surface area (Å²) in [7, 11) is 0. The maximum absolute atomic E-state index is 14.7. The van der Waals surface area contributed by atoms with Crippen LogP contribution in [0.25, 0.3) is 0 Å². The lowest BCUT2D eigenvalue weighted by Crippen LogP contribution is -2.67. The largest absolute Gasteiger partial charge is 0.462 e. The van der Waals surface area contributed by atoms with Gasteiger partial charge in [-0.15, -0.1) is 0 Å². The fourth-order valence-electron chi connectivity index (χ4n) is 13.6. The highest BCUT2D eigenvalue weighted by Gasteiger charge is 2.72. The van der Waals surface area contributed by atoms with Crippen molar-refractivity contribution >= 4 is 17.9 Å². The Morgan fingerprint density at radius 3 is 2.20 bits per heavy atom. The smallest absolute Gasteiger partial charge is 0.373 e. The van der Waals surface area contributed by atoms with Crippen molar-refractivity contribution in [3.8, 4) is 0 Å². The van der Waals surface area contributed by atoms with Gasteiger partial charge in [-0.1, -0.05) is 73.6 Å². The molecule has 6 rings (SSSR count). The predicted octanol–water partition coefficient (Wildman–Crippen LogP) is 10.2. The molecule has 5 aliphatic rings. The van der Waals surface area contributed by atoms with Crippen molar-refractivity contribution in [2.24, 2.45) is 62.6 Å². The SMILES string of the molecule is C=C(C)[C@@H]1CC[C@]2(C(=O)C[C@@H](C)c3ccccn3)CC[C@]3(C)C(CCC4[C@@]5(C)CCC(OC(=O)CC(C)C)C(C)(C)C5CC[C@]43C)C12.O=C=O. The second kappa shape index (κ2) is 14.1. The zero-order chi connectivity index (χ0) is 36.9. The van der Waals surface area contributed by atoms with Gasteiger partial charge in [0.25, 0.3) is 0 Å². The molecule has 1 aromatic heterocycles. The summed E-state index contributed by atoms with van der Waals surface area (Å²) < 4.78 is 6.27. The van der Waals surface area contributed by atoms with E-state index < -0.39 is 0 Å². The number of nitrogens with zero attached hydrogens (tertiary/aromatic N) is 1. The molecule has 0 saturated heterocycles. The van der Waals surface area contributed by atoms with E-state index in [0.29, 0.717) is 54.1 Å². The highest BCUT2D eigenvalue weighted by Crippen LogP contribution is 2.77. The molecular formula is C44H65NO5. The molecule has 50 heavy (non-hydrogen) atoms. The van der Waals surface area contributed by atoms with E-state index in [1.807, 2.05) is 18.3 Å². The van der Waals surface area contributed by atoms with E-state index in [2.05, 4.69) is 79.9 Å². The van der Waals surface area contributed by atoms with Crippen LogP contribution in [0, 0.1) is 62.6 Å². The number of Topliss-reactive ketones (excluding diaryl/α,β-unsaturated/α-hetero) is 1. The molecule has 5 saturated carbocycles. The van der Waals surface area contributed by atoms with Crippen LogP contribution in [0.3, 0.4) is 0 Å². The molecule has 276 valence electrons. The van der Waals surface area contributed by atoms with E-state index in [-0.39, 0.29) is 51.2 Å². The highest BCUT2D eigenvalue weighted by atomic mass is 16.5. The first-order valence-electron chi connectivity index (χ1n) is 19.7. The van der Waals surface area contributed by atoms with Crippen LogP contribution in [0.2, 0.25) is 0 Å². The van der Waals surface area contributed by atoms with Crippen LogP contribution >= 0.6 is 0 Å². The molecule has 0 radical (unpaired) electrons. The number of esters is 1. The summed E-state index contributed by atoms with van der Waals surface area (Å²) in [6, 6.07) is 6.09. The molecule has 6 nitrogen and oxygen atoms in total. The number of ketones is 1. The molecule has 6 heteroatoms. The van der Waals surface area contributed by atoms with Crippen molar-refractivity contribution in [3.63, 3.8) is 0 Å². The topological polar surface area (TPSA) is 90.4 Å². The van der Waals surface area contributed by atoms with Crippen LogP contribution in [0.15, 0.2) is 36.5 Å². The summed E-state index contributed by atoms with van der Waals surface area (Å²) in [5.74, 6) is 3.54. The normalized spacial score (nSPS) is 40.4. The minimum absolute atomic E-state index is 0.00714. The first-order chi connectivity index (χ1) is 23.4. The summed E-state index contributed by atoms with van der Waals surface area (Å²) in [5.41, 5.74) is 2.74. The van der Waals surface area contributed by atoms with Gasteiger partial charge in [0.05, 0.1) is 0 Å². The Balaban J connectivity index is 0.00000156. The molecule has 0 bridgehead atoms. The zero-order valence-corrected chi connectivity index (χ0v) is 32.6. The minimum atomic E-state index is -0.221. The number of ether oxygens (including phenoxy) is 1. The number of carbonyl (C=O) groups excluding carboxylic acids is 4. The average Bonchev–Trinajstić information content (AvgIpc) is 3.45. The van der Waals surface area contributed by atoms with Gasteiger partial charge in [0.1, 0.15) is 11.9 Å². The zero-order valence-electron chi connectivity index (χ0n) is 32.6. The molecule has 0 aromatic carbocycles. The monoisotopic (exact) mass is 687 g/mol. The molecule has 0 amide bonds. The number of hydrogen-bond donors (Lipinski definition) is 0. The maximum atomic E-state index is 14.7. The molecule has 5 aliphatic carbocycles. The maximum Gasteiger partial charge on any atom is 0.373 e. The lowest BCUT2D eigenvalue weighted by atomic mass is 9.32. The van der Waals surface area contributed by atoms with Gasteiger partial charge in [-0.05, 0) is 135 Å². The first kappa shape index (κ1) is 38.6. The summed E-state index contributed by atoms with van der Waals surface area (Å²) in [6.45, 7) is 26.0. The van der Waals surface area contributed by atoms with Crippen molar-refractivity contribution in [2.45, 2.75) is 151 Å². The Labute approximate surface area is 302 Å². The Morgan fingerprint density at radius 2 is 1.58 bits per heavy atom. The number of aromatic nitrogens is 1. The number of rotatable bonds is 8. The third-order valence-corrected chi connectivity index (χ3v) is 16.1. The van der Waals surface area contributed by atoms with E-state index in [4.69, 9.17) is 14.3 Å². The molecule has 1 heterocycles. The van der Waals surface area contributed by atoms with Crippen molar-refractivity contribution in [2.75, 3.05) is 0 Å². The minimum Gasteiger partial charge on any atom is -0.462 e. The quantitative estimate of drug-likeness (QED) is 0.200. The average molecular weight is 688 g/mol. The van der Waals surface area contributed by atoms with Crippen LogP contribution in [-0.2, 0) is 23.9 Å². The van der Waals surface area contributed by atoms with Gasteiger partial charge >= 0.3 is 12.1 Å². The molecule has 11 atom stereocenters. The number of pyridine rings is 1. The van der Waals surface area contributed by atoms with Gasteiger partial charge in [0.2, 0.25) is 0 Å². The van der Waals surface area contributed by atoms with Gasteiger partial charge in [0, 0.05) is 41.5 Å². The Kier molecular flexibility index (Phi) is 10.9. The van der Waals surface area contributed by atoms with Crippen LogP contribution in [0.1, 0.15) is 151 Å². The van der Waals surface area contributed by atoms with Gasteiger partial charge in [0.15, 0.2) is 0 Å². The summed E-state index contributed by atoms with van der Waals surface area (Å²) in [4.78, 5) is 48.4. The third-order valence-electron chi connectivity index (χ3n) is 16.1. The third kappa shape index (κ3) is 6.18.